The first-order valence-corrected chi connectivity index (χ1v) is 8.34. The smallest absolute Gasteiger partial charge is 0.221 e. The van der Waals surface area contributed by atoms with Gasteiger partial charge in [0.25, 0.3) is 0 Å². The maximum Gasteiger partial charge on any atom is 0.221 e. The lowest BCUT2D eigenvalue weighted by molar-refractivity contribution is 0.147. The van der Waals surface area contributed by atoms with E-state index in [9.17, 15) is 5.11 Å². The van der Waals surface area contributed by atoms with Crippen LogP contribution < -0.4 is 0 Å². The molecule has 0 aliphatic heterocycles. The summed E-state index contributed by atoms with van der Waals surface area (Å²) in [6, 6.07) is 0. The van der Waals surface area contributed by atoms with Crippen molar-refractivity contribution in [2.75, 3.05) is 6.61 Å². The maximum atomic E-state index is 9.61. The summed E-state index contributed by atoms with van der Waals surface area (Å²) in [5, 5.41) is 18.0. The van der Waals surface area contributed by atoms with Gasteiger partial charge in [-0.1, -0.05) is 46.3 Å². The fourth-order valence-electron chi connectivity index (χ4n) is 3.34. The van der Waals surface area contributed by atoms with Crippen molar-refractivity contribution >= 4 is 0 Å². The molecule has 0 fully saturated rings. The molecule has 0 saturated heterocycles. The number of hydrogen-bond acceptors (Lipinski definition) is 4. The van der Waals surface area contributed by atoms with E-state index >= 15 is 0 Å². The molecular formula is C18H30N2O2. The van der Waals surface area contributed by atoms with Crippen LogP contribution in [0.3, 0.4) is 0 Å². The Bertz CT molecular complexity index is 525. The molecule has 0 bridgehead atoms. The van der Waals surface area contributed by atoms with Gasteiger partial charge >= 0.3 is 0 Å². The van der Waals surface area contributed by atoms with Crippen molar-refractivity contribution in [2.45, 2.75) is 59.8 Å². The van der Waals surface area contributed by atoms with Crippen LogP contribution in [-0.2, 0) is 11.8 Å². The van der Waals surface area contributed by atoms with Gasteiger partial charge in [-0.25, -0.2) is 0 Å². The zero-order valence-electron chi connectivity index (χ0n) is 14.8. The van der Waals surface area contributed by atoms with Crippen LogP contribution in [0.15, 0.2) is 16.1 Å². The standard InChI is InChI=1S/C18H30N2O2/c1-11(2)15-8-13(12(3)7-14(15)10-21)9-16-19-20-17(22-16)18(4,5)6/h7,11,13-15,21H,8-10H2,1-6H3/t13-,14-,15-/m0/s1. The van der Waals surface area contributed by atoms with Gasteiger partial charge in [0, 0.05) is 24.4 Å². The van der Waals surface area contributed by atoms with Crippen LogP contribution in [0.1, 0.15) is 59.7 Å². The second-order valence-electron chi connectivity index (χ2n) is 8.05. The number of aliphatic hydroxyl groups excluding tert-OH is 1. The lowest BCUT2D eigenvalue weighted by atomic mass is 9.70. The number of nitrogens with zero attached hydrogens (tertiary/aromatic N) is 2. The molecule has 1 N–H and O–H groups in total. The monoisotopic (exact) mass is 306 g/mol. The molecule has 3 atom stereocenters. The van der Waals surface area contributed by atoms with Gasteiger partial charge in [0.1, 0.15) is 0 Å². The van der Waals surface area contributed by atoms with Gasteiger partial charge in [-0.2, -0.15) is 0 Å². The third-order valence-corrected chi connectivity index (χ3v) is 4.82. The number of hydrogen-bond donors (Lipinski definition) is 1. The summed E-state index contributed by atoms with van der Waals surface area (Å²) in [7, 11) is 0. The molecule has 1 heterocycles. The normalized spacial score (nSPS) is 26.4. The van der Waals surface area contributed by atoms with Crippen LogP contribution in [-0.4, -0.2) is 21.9 Å². The quantitative estimate of drug-likeness (QED) is 0.861. The molecule has 1 aromatic rings. The number of rotatable bonds is 4. The average Bonchev–Trinajstić information content (AvgIpc) is 2.88. The summed E-state index contributed by atoms with van der Waals surface area (Å²) in [4.78, 5) is 0. The second-order valence-corrected chi connectivity index (χ2v) is 8.05. The van der Waals surface area contributed by atoms with E-state index in [0.29, 0.717) is 23.6 Å². The Morgan fingerprint density at radius 2 is 2.00 bits per heavy atom. The van der Waals surface area contributed by atoms with Crippen molar-refractivity contribution < 1.29 is 9.52 Å². The van der Waals surface area contributed by atoms with E-state index in [1.165, 1.54) is 5.57 Å². The lowest BCUT2D eigenvalue weighted by Gasteiger charge is -2.36. The molecule has 0 aromatic carbocycles. The molecule has 4 nitrogen and oxygen atoms in total. The Morgan fingerprint density at radius 1 is 1.32 bits per heavy atom. The first-order valence-electron chi connectivity index (χ1n) is 8.34. The van der Waals surface area contributed by atoms with Gasteiger partial charge in [0.15, 0.2) is 0 Å². The number of aromatic nitrogens is 2. The third kappa shape index (κ3) is 3.78. The van der Waals surface area contributed by atoms with Crippen molar-refractivity contribution in [2.24, 2.45) is 23.7 Å². The van der Waals surface area contributed by atoms with Gasteiger partial charge in [0.2, 0.25) is 11.8 Å². The van der Waals surface area contributed by atoms with E-state index < -0.39 is 0 Å². The van der Waals surface area contributed by atoms with Gasteiger partial charge in [-0.05, 0) is 31.1 Å². The minimum absolute atomic E-state index is 0.106. The van der Waals surface area contributed by atoms with E-state index in [0.717, 1.165) is 18.7 Å². The summed E-state index contributed by atoms with van der Waals surface area (Å²) in [6.07, 6.45) is 4.13. The van der Waals surface area contributed by atoms with Crippen LogP contribution >= 0.6 is 0 Å². The van der Waals surface area contributed by atoms with Crippen molar-refractivity contribution in [3.05, 3.63) is 23.4 Å². The maximum absolute atomic E-state index is 9.61. The van der Waals surface area contributed by atoms with Crippen molar-refractivity contribution in [1.82, 2.24) is 10.2 Å². The summed E-state index contributed by atoms with van der Waals surface area (Å²) < 4.78 is 5.85. The predicted octanol–water partition coefficient (Wildman–Crippen LogP) is 3.76. The largest absolute Gasteiger partial charge is 0.425 e. The highest BCUT2D eigenvalue weighted by atomic mass is 16.4. The summed E-state index contributed by atoms with van der Waals surface area (Å²) in [5.41, 5.74) is 1.23. The Labute approximate surface area is 134 Å². The molecule has 1 aliphatic rings. The fraction of sp³-hybridized carbons (Fsp3) is 0.778. The number of aliphatic hydroxyl groups is 1. The highest BCUT2D eigenvalue weighted by molar-refractivity contribution is 5.14. The fourth-order valence-corrected chi connectivity index (χ4v) is 3.34. The zero-order valence-corrected chi connectivity index (χ0v) is 14.8. The summed E-state index contributed by atoms with van der Waals surface area (Å²) in [5.74, 6) is 3.23. The lowest BCUT2D eigenvalue weighted by Crippen LogP contribution is -2.30. The van der Waals surface area contributed by atoms with Crippen molar-refractivity contribution in [3.8, 4) is 0 Å². The van der Waals surface area contributed by atoms with Crippen LogP contribution in [0, 0.1) is 23.7 Å². The van der Waals surface area contributed by atoms with E-state index in [1.807, 2.05) is 0 Å². The first kappa shape index (κ1) is 17.2. The summed E-state index contributed by atoms with van der Waals surface area (Å²) in [6.45, 7) is 13.1. The molecule has 1 aliphatic carbocycles. The molecule has 2 rings (SSSR count). The minimum Gasteiger partial charge on any atom is -0.425 e. The third-order valence-electron chi connectivity index (χ3n) is 4.82. The molecule has 4 heteroatoms. The Balaban J connectivity index is 2.14. The Morgan fingerprint density at radius 3 is 2.50 bits per heavy atom. The highest BCUT2D eigenvalue weighted by Crippen LogP contribution is 2.38. The molecule has 1 aromatic heterocycles. The number of allylic oxidation sites excluding steroid dienone is 1. The van der Waals surface area contributed by atoms with Crippen LogP contribution in [0.4, 0.5) is 0 Å². The topological polar surface area (TPSA) is 59.2 Å². The van der Waals surface area contributed by atoms with Crippen LogP contribution in [0.25, 0.3) is 0 Å². The van der Waals surface area contributed by atoms with E-state index in [-0.39, 0.29) is 17.9 Å². The molecule has 0 amide bonds. The zero-order chi connectivity index (χ0) is 16.5. The van der Waals surface area contributed by atoms with Crippen LogP contribution in [0.5, 0.6) is 0 Å². The minimum atomic E-state index is -0.106. The van der Waals surface area contributed by atoms with Crippen LogP contribution in [0.2, 0.25) is 0 Å². The van der Waals surface area contributed by atoms with Crippen molar-refractivity contribution in [1.29, 1.82) is 0 Å². The Hall–Kier alpha value is -1.16. The average molecular weight is 306 g/mol. The molecule has 0 saturated carbocycles. The van der Waals surface area contributed by atoms with Gasteiger partial charge in [-0.15, -0.1) is 10.2 Å². The van der Waals surface area contributed by atoms with Gasteiger partial charge < -0.3 is 9.52 Å². The summed E-state index contributed by atoms with van der Waals surface area (Å²) >= 11 is 0. The second kappa shape index (κ2) is 6.53. The molecular weight excluding hydrogens is 276 g/mol. The van der Waals surface area contributed by atoms with Crippen molar-refractivity contribution in [3.63, 3.8) is 0 Å². The molecule has 0 unspecified atom stereocenters. The molecule has 0 spiro atoms. The van der Waals surface area contributed by atoms with E-state index in [4.69, 9.17) is 4.42 Å². The predicted molar refractivity (Wildman–Crippen MR) is 87.5 cm³/mol. The SMILES string of the molecule is CC1=C[C@@H](CO)[C@H](C(C)C)C[C@H]1Cc1nnc(C(C)(C)C)o1. The molecule has 124 valence electrons. The van der Waals surface area contributed by atoms with E-state index in [1.54, 1.807) is 0 Å². The first-order chi connectivity index (χ1) is 10.2. The van der Waals surface area contributed by atoms with Gasteiger partial charge in [-0.3, -0.25) is 0 Å². The Kier molecular flexibility index (Phi) is 5.10. The highest BCUT2D eigenvalue weighted by Gasteiger charge is 2.32. The van der Waals surface area contributed by atoms with Gasteiger partial charge in [0.05, 0.1) is 0 Å². The molecule has 0 radical (unpaired) electrons. The van der Waals surface area contributed by atoms with E-state index in [2.05, 4.69) is 57.8 Å². The molecule has 22 heavy (non-hydrogen) atoms.